The molecule has 1 aromatic carbocycles. The summed E-state index contributed by atoms with van der Waals surface area (Å²) in [6.07, 6.45) is 2.07. The molecular weight excluding hydrogens is 246 g/mol. The van der Waals surface area contributed by atoms with Crippen LogP contribution in [0.4, 0.5) is 0 Å². The first kappa shape index (κ1) is 15.2. The Labute approximate surface area is 112 Å². The maximum absolute atomic E-state index is 11.5. The van der Waals surface area contributed by atoms with Gasteiger partial charge in [0, 0.05) is 18.2 Å². The highest BCUT2D eigenvalue weighted by Crippen LogP contribution is 2.20. The monoisotopic (exact) mass is 265 g/mol. The van der Waals surface area contributed by atoms with Crippen LogP contribution in [0.15, 0.2) is 24.3 Å². The fourth-order valence-corrected chi connectivity index (χ4v) is 1.49. The van der Waals surface area contributed by atoms with Crippen molar-refractivity contribution in [3.05, 3.63) is 35.4 Å². The molecule has 104 valence electrons. The molecule has 0 saturated heterocycles. The maximum Gasteiger partial charge on any atom is 0.244 e. The number of rotatable bonds is 6. The minimum Gasteiger partial charge on any atom is -0.496 e. The molecule has 0 aliphatic rings. The molecule has 0 fully saturated rings. The number of hydrogen-bond donors (Lipinski definition) is 3. The van der Waals surface area contributed by atoms with Crippen LogP contribution in [-0.2, 0) is 4.79 Å². The van der Waals surface area contributed by atoms with Crippen molar-refractivity contribution < 1.29 is 19.7 Å². The third kappa shape index (κ3) is 5.11. The third-order valence-electron chi connectivity index (χ3n) is 2.52. The Morgan fingerprint density at radius 2 is 2.26 bits per heavy atom. The number of carbonyl (C=O) groups excluding carboxylic acids is 1. The van der Waals surface area contributed by atoms with Gasteiger partial charge in [-0.1, -0.05) is 11.6 Å². The standard InChI is InChI=1S/C14H19NO4/c1-10-3-5-13(19-2)11(7-10)4-6-14(18)15-8-12(17)9-16/h3-7,12,16-17H,8-9H2,1-2H3,(H,15,18). The van der Waals surface area contributed by atoms with Gasteiger partial charge in [0.1, 0.15) is 5.75 Å². The lowest BCUT2D eigenvalue weighted by atomic mass is 10.1. The van der Waals surface area contributed by atoms with Crippen molar-refractivity contribution in [1.29, 1.82) is 0 Å². The number of benzene rings is 1. The Kier molecular flexibility index (Phi) is 6.05. The molecule has 5 heteroatoms. The van der Waals surface area contributed by atoms with Crippen molar-refractivity contribution in [3.63, 3.8) is 0 Å². The summed E-state index contributed by atoms with van der Waals surface area (Å²) in [4.78, 5) is 11.5. The third-order valence-corrected chi connectivity index (χ3v) is 2.52. The van der Waals surface area contributed by atoms with Crippen LogP contribution in [0.2, 0.25) is 0 Å². The van der Waals surface area contributed by atoms with Crippen LogP contribution >= 0.6 is 0 Å². The van der Waals surface area contributed by atoms with Crippen molar-refractivity contribution in [1.82, 2.24) is 5.32 Å². The van der Waals surface area contributed by atoms with Crippen LogP contribution in [0.25, 0.3) is 6.08 Å². The van der Waals surface area contributed by atoms with E-state index in [1.165, 1.54) is 6.08 Å². The molecule has 1 atom stereocenters. The molecule has 19 heavy (non-hydrogen) atoms. The molecule has 0 saturated carbocycles. The van der Waals surface area contributed by atoms with E-state index < -0.39 is 6.10 Å². The Hall–Kier alpha value is -1.85. The Morgan fingerprint density at radius 3 is 2.89 bits per heavy atom. The zero-order valence-electron chi connectivity index (χ0n) is 11.1. The second-order valence-electron chi connectivity index (χ2n) is 4.16. The minimum atomic E-state index is -0.939. The molecule has 1 amide bonds. The molecule has 1 unspecified atom stereocenters. The van der Waals surface area contributed by atoms with E-state index >= 15 is 0 Å². The Morgan fingerprint density at radius 1 is 1.53 bits per heavy atom. The molecule has 1 aromatic rings. The fraction of sp³-hybridized carbons (Fsp3) is 0.357. The molecule has 0 aliphatic carbocycles. The number of methoxy groups -OCH3 is 1. The molecule has 0 bridgehead atoms. The zero-order chi connectivity index (χ0) is 14.3. The lowest BCUT2D eigenvalue weighted by molar-refractivity contribution is -0.117. The van der Waals surface area contributed by atoms with E-state index in [1.54, 1.807) is 13.2 Å². The van der Waals surface area contributed by atoms with Crippen LogP contribution in [-0.4, -0.2) is 42.5 Å². The van der Waals surface area contributed by atoms with Gasteiger partial charge in [0.2, 0.25) is 5.91 Å². The van der Waals surface area contributed by atoms with Crippen LogP contribution in [0.5, 0.6) is 5.75 Å². The average molecular weight is 265 g/mol. The first-order valence-corrected chi connectivity index (χ1v) is 5.96. The van der Waals surface area contributed by atoms with Crippen LogP contribution in [0.3, 0.4) is 0 Å². The lowest BCUT2D eigenvalue weighted by Crippen LogP contribution is -2.32. The number of ether oxygens (including phenoxy) is 1. The number of aryl methyl sites for hydroxylation is 1. The summed E-state index contributed by atoms with van der Waals surface area (Å²) in [5.41, 5.74) is 1.87. The first-order valence-electron chi connectivity index (χ1n) is 5.96. The lowest BCUT2D eigenvalue weighted by Gasteiger charge is -2.07. The fourth-order valence-electron chi connectivity index (χ4n) is 1.49. The summed E-state index contributed by atoms with van der Waals surface area (Å²) < 4.78 is 5.19. The molecular formula is C14H19NO4. The zero-order valence-corrected chi connectivity index (χ0v) is 11.1. The Bertz CT molecular complexity index is 457. The van der Waals surface area contributed by atoms with Crippen molar-refractivity contribution in [3.8, 4) is 5.75 Å². The van der Waals surface area contributed by atoms with Gasteiger partial charge in [0.25, 0.3) is 0 Å². The van der Waals surface area contributed by atoms with Crippen LogP contribution < -0.4 is 10.1 Å². The van der Waals surface area contributed by atoms with E-state index in [2.05, 4.69) is 5.32 Å². The predicted molar refractivity (Wildman–Crippen MR) is 72.9 cm³/mol. The minimum absolute atomic E-state index is 0.0185. The van der Waals surface area contributed by atoms with E-state index in [9.17, 15) is 4.79 Å². The van der Waals surface area contributed by atoms with E-state index in [1.807, 2.05) is 25.1 Å². The van der Waals surface area contributed by atoms with Crippen molar-refractivity contribution in [2.45, 2.75) is 13.0 Å². The number of hydrogen-bond acceptors (Lipinski definition) is 4. The Balaban J connectivity index is 2.65. The van der Waals surface area contributed by atoms with Gasteiger partial charge in [-0.15, -0.1) is 0 Å². The van der Waals surface area contributed by atoms with Gasteiger partial charge in [-0.25, -0.2) is 0 Å². The van der Waals surface area contributed by atoms with Crippen LogP contribution in [0, 0.1) is 6.92 Å². The molecule has 3 N–H and O–H groups in total. The molecule has 0 heterocycles. The van der Waals surface area contributed by atoms with Gasteiger partial charge in [-0.2, -0.15) is 0 Å². The quantitative estimate of drug-likeness (QED) is 0.654. The van der Waals surface area contributed by atoms with Crippen LogP contribution in [0.1, 0.15) is 11.1 Å². The molecule has 0 aliphatic heterocycles. The maximum atomic E-state index is 11.5. The molecule has 5 nitrogen and oxygen atoms in total. The molecule has 0 aromatic heterocycles. The van der Waals surface area contributed by atoms with E-state index in [0.717, 1.165) is 11.1 Å². The second-order valence-corrected chi connectivity index (χ2v) is 4.16. The van der Waals surface area contributed by atoms with Crippen molar-refractivity contribution >= 4 is 12.0 Å². The van der Waals surface area contributed by atoms with Gasteiger partial charge in [-0.05, 0) is 25.1 Å². The second kappa shape index (κ2) is 7.56. The molecule has 0 spiro atoms. The van der Waals surface area contributed by atoms with E-state index in [4.69, 9.17) is 14.9 Å². The summed E-state index contributed by atoms with van der Waals surface area (Å²) in [6.45, 7) is 1.59. The van der Waals surface area contributed by atoms with Crippen molar-refractivity contribution in [2.75, 3.05) is 20.3 Å². The smallest absolute Gasteiger partial charge is 0.244 e. The average Bonchev–Trinajstić information content (AvgIpc) is 2.42. The van der Waals surface area contributed by atoms with Gasteiger partial charge >= 0.3 is 0 Å². The normalized spacial score (nSPS) is 12.4. The largest absolute Gasteiger partial charge is 0.496 e. The van der Waals surface area contributed by atoms with Gasteiger partial charge in [0.05, 0.1) is 19.8 Å². The summed E-state index contributed by atoms with van der Waals surface area (Å²) in [5.74, 6) is 0.348. The van der Waals surface area contributed by atoms with E-state index in [0.29, 0.717) is 5.75 Å². The molecule has 0 radical (unpaired) electrons. The van der Waals surface area contributed by atoms with Gasteiger partial charge in [0.15, 0.2) is 0 Å². The highest BCUT2D eigenvalue weighted by atomic mass is 16.5. The van der Waals surface area contributed by atoms with E-state index in [-0.39, 0.29) is 19.1 Å². The number of aliphatic hydroxyl groups excluding tert-OH is 2. The van der Waals surface area contributed by atoms with Gasteiger partial charge < -0.3 is 20.3 Å². The summed E-state index contributed by atoms with van der Waals surface area (Å²) >= 11 is 0. The SMILES string of the molecule is COc1ccc(C)cc1C=CC(=O)NCC(O)CO. The number of carbonyl (C=O) groups is 1. The first-order chi connectivity index (χ1) is 9.06. The summed E-state index contributed by atoms with van der Waals surface area (Å²) in [6, 6.07) is 5.67. The predicted octanol–water partition coefficient (Wildman–Crippen LogP) is 0.486. The number of amides is 1. The number of aliphatic hydroxyl groups is 2. The van der Waals surface area contributed by atoms with Crippen molar-refractivity contribution in [2.24, 2.45) is 0 Å². The van der Waals surface area contributed by atoms with Gasteiger partial charge in [-0.3, -0.25) is 4.79 Å². The summed E-state index contributed by atoms with van der Waals surface area (Å²) in [5, 5.41) is 20.2. The summed E-state index contributed by atoms with van der Waals surface area (Å²) in [7, 11) is 1.57. The molecule has 1 rings (SSSR count). The highest BCUT2D eigenvalue weighted by molar-refractivity contribution is 5.92. The topological polar surface area (TPSA) is 78.8 Å². The highest BCUT2D eigenvalue weighted by Gasteiger charge is 2.04. The number of nitrogens with one attached hydrogen (secondary N) is 1.